The molecule has 0 amide bonds. The summed E-state index contributed by atoms with van der Waals surface area (Å²) < 4.78 is 8.45. The van der Waals surface area contributed by atoms with Crippen molar-refractivity contribution < 1.29 is 4.42 Å². The van der Waals surface area contributed by atoms with E-state index in [9.17, 15) is 0 Å². The molecule has 0 saturated heterocycles. The summed E-state index contributed by atoms with van der Waals surface area (Å²) in [4.78, 5) is 15.7. The molecule has 5 heteroatoms. The summed E-state index contributed by atoms with van der Waals surface area (Å²) >= 11 is 0. The second-order valence-electron chi connectivity index (χ2n) is 12.8. The zero-order valence-corrected chi connectivity index (χ0v) is 26.7. The van der Waals surface area contributed by atoms with Gasteiger partial charge in [-0.2, -0.15) is 9.97 Å². The van der Waals surface area contributed by atoms with Crippen molar-refractivity contribution in [3.05, 3.63) is 158 Å². The molecule has 0 saturated carbocycles. The first-order chi connectivity index (χ1) is 24.8. The summed E-state index contributed by atoms with van der Waals surface area (Å²) in [6.07, 6.45) is 0. The molecule has 0 N–H and O–H groups in total. The van der Waals surface area contributed by atoms with Gasteiger partial charge in [0.15, 0.2) is 11.6 Å². The number of fused-ring (bicyclic) bond motifs is 12. The summed E-state index contributed by atoms with van der Waals surface area (Å²) in [5.41, 5.74) is 5.78. The first-order valence-corrected chi connectivity index (χ1v) is 16.8. The van der Waals surface area contributed by atoms with Crippen molar-refractivity contribution in [2.24, 2.45) is 0 Å². The van der Waals surface area contributed by atoms with Gasteiger partial charge in [0.1, 0.15) is 11.2 Å². The summed E-state index contributed by atoms with van der Waals surface area (Å²) in [7, 11) is 0. The van der Waals surface area contributed by atoms with Crippen LogP contribution in [0.4, 0.5) is 0 Å². The predicted molar refractivity (Wildman–Crippen MR) is 205 cm³/mol. The lowest BCUT2D eigenvalue weighted by atomic mass is 10.0. The number of hydrogen-bond acceptors (Lipinski definition) is 4. The molecule has 0 aliphatic carbocycles. The largest absolute Gasteiger partial charge is 0.456 e. The average Bonchev–Trinajstić information content (AvgIpc) is 3.75. The molecule has 0 radical (unpaired) electrons. The lowest BCUT2D eigenvalue weighted by Crippen LogP contribution is -2.07. The van der Waals surface area contributed by atoms with Crippen LogP contribution in [0.15, 0.2) is 162 Å². The first kappa shape index (κ1) is 27.1. The highest BCUT2D eigenvalue weighted by Crippen LogP contribution is 2.40. The Balaban J connectivity index is 1.24. The molecule has 0 spiro atoms. The van der Waals surface area contributed by atoms with Gasteiger partial charge in [0.05, 0.1) is 11.0 Å². The monoisotopic (exact) mass is 638 g/mol. The molecule has 0 aliphatic heterocycles. The number of nitrogens with zero attached hydrogens (tertiary/aromatic N) is 4. The van der Waals surface area contributed by atoms with Crippen LogP contribution < -0.4 is 0 Å². The minimum absolute atomic E-state index is 0.581. The topological polar surface area (TPSA) is 56.7 Å². The summed E-state index contributed by atoms with van der Waals surface area (Å²) in [6.45, 7) is 0. The Morgan fingerprint density at radius 2 is 0.960 bits per heavy atom. The Morgan fingerprint density at radius 1 is 0.380 bits per heavy atom. The van der Waals surface area contributed by atoms with E-state index in [4.69, 9.17) is 19.4 Å². The van der Waals surface area contributed by atoms with Crippen LogP contribution in [0.3, 0.4) is 0 Å². The molecule has 0 bridgehead atoms. The third-order valence-corrected chi connectivity index (χ3v) is 10.0. The van der Waals surface area contributed by atoms with Gasteiger partial charge in [-0.05, 0) is 39.7 Å². The minimum Gasteiger partial charge on any atom is -0.456 e. The van der Waals surface area contributed by atoms with E-state index in [1.165, 1.54) is 10.8 Å². The second-order valence-corrected chi connectivity index (χ2v) is 12.8. The fourth-order valence-corrected chi connectivity index (χ4v) is 7.74. The Kier molecular flexibility index (Phi) is 5.60. The zero-order chi connectivity index (χ0) is 32.8. The zero-order valence-electron chi connectivity index (χ0n) is 26.7. The van der Waals surface area contributed by atoms with E-state index >= 15 is 0 Å². The maximum atomic E-state index is 6.19. The molecule has 0 atom stereocenters. The Hall–Kier alpha value is -6.85. The highest BCUT2D eigenvalue weighted by molar-refractivity contribution is 6.24. The average molecular weight is 639 g/mol. The standard InChI is InChI=1S/C45H26N4O/c1-2-12-29(13-3-1)43-46-44(31-20-22-32-30(26-31)21-25-39-40(32)37-16-8-9-17-38(37)50-39)48-45(47-43)49-41-33-14-6-4-10-27(33)18-23-35(41)36-24-19-28-11-5-7-15-34(28)42(36)49/h1-26H. The molecule has 11 aromatic rings. The number of benzene rings is 8. The number of rotatable bonds is 3. The van der Waals surface area contributed by atoms with E-state index in [-0.39, 0.29) is 0 Å². The second kappa shape index (κ2) is 10.3. The molecular formula is C45H26N4O. The molecule has 0 aliphatic rings. The molecule has 0 fully saturated rings. The van der Waals surface area contributed by atoms with Gasteiger partial charge < -0.3 is 4.42 Å². The van der Waals surface area contributed by atoms with Crippen LogP contribution in [0.2, 0.25) is 0 Å². The van der Waals surface area contributed by atoms with Gasteiger partial charge in [0.2, 0.25) is 5.95 Å². The maximum Gasteiger partial charge on any atom is 0.238 e. The molecule has 232 valence electrons. The number of para-hydroxylation sites is 1. The van der Waals surface area contributed by atoms with E-state index in [0.29, 0.717) is 17.6 Å². The van der Waals surface area contributed by atoms with Crippen molar-refractivity contribution in [1.82, 2.24) is 19.5 Å². The van der Waals surface area contributed by atoms with E-state index in [1.54, 1.807) is 0 Å². The number of hydrogen-bond donors (Lipinski definition) is 0. The van der Waals surface area contributed by atoms with Crippen LogP contribution in [0.25, 0.3) is 105 Å². The van der Waals surface area contributed by atoms with Crippen molar-refractivity contribution in [2.45, 2.75) is 0 Å². The lowest BCUT2D eigenvalue weighted by Gasteiger charge is -2.13. The van der Waals surface area contributed by atoms with E-state index in [0.717, 1.165) is 76.4 Å². The van der Waals surface area contributed by atoms with Crippen LogP contribution in [0, 0.1) is 0 Å². The fourth-order valence-electron chi connectivity index (χ4n) is 7.74. The van der Waals surface area contributed by atoms with Crippen molar-refractivity contribution in [3.8, 4) is 28.7 Å². The summed E-state index contributed by atoms with van der Waals surface area (Å²) in [5, 5.41) is 11.4. The normalized spacial score (nSPS) is 12.0. The van der Waals surface area contributed by atoms with Crippen LogP contribution in [0.1, 0.15) is 0 Å². The van der Waals surface area contributed by atoms with Gasteiger partial charge in [-0.1, -0.05) is 140 Å². The SMILES string of the molecule is c1ccc(-c2nc(-c3ccc4c(ccc5oc6ccccc6c54)c3)nc(-n3c4c5ccccc5ccc4c4ccc5ccccc5c43)n2)cc1. The van der Waals surface area contributed by atoms with Gasteiger partial charge in [0.25, 0.3) is 0 Å². The Labute approximate surface area is 285 Å². The number of furan rings is 1. The smallest absolute Gasteiger partial charge is 0.238 e. The third-order valence-electron chi connectivity index (χ3n) is 10.0. The van der Waals surface area contributed by atoms with Crippen LogP contribution in [0.5, 0.6) is 0 Å². The lowest BCUT2D eigenvalue weighted by molar-refractivity contribution is 0.669. The minimum atomic E-state index is 0.581. The Bertz CT molecular complexity index is 3060. The van der Waals surface area contributed by atoms with Crippen LogP contribution in [-0.4, -0.2) is 19.5 Å². The number of aromatic nitrogens is 4. The Morgan fingerprint density at radius 3 is 1.68 bits per heavy atom. The molecule has 3 aromatic heterocycles. The van der Waals surface area contributed by atoms with E-state index in [1.807, 2.05) is 30.3 Å². The van der Waals surface area contributed by atoms with E-state index in [2.05, 4.69) is 132 Å². The van der Waals surface area contributed by atoms with Gasteiger partial charge in [-0.15, -0.1) is 0 Å². The van der Waals surface area contributed by atoms with Crippen molar-refractivity contribution in [3.63, 3.8) is 0 Å². The van der Waals surface area contributed by atoms with E-state index < -0.39 is 0 Å². The fraction of sp³-hybridized carbons (Fsp3) is 0. The molecule has 50 heavy (non-hydrogen) atoms. The summed E-state index contributed by atoms with van der Waals surface area (Å²) in [5.74, 6) is 1.82. The van der Waals surface area contributed by atoms with Gasteiger partial charge in [-0.3, -0.25) is 4.57 Å². The third kappa shape index (κ3) is 3.92. The van der Waals surface area contributed by atoms with Crippen molar-refractivity contribution >= 4 is 76.1 Å². The van der Waals surface area contributed by atoms with Crippen LogP contribution >= 0.6 is 0 Å². The van der Waals surface area contributed by atoms with Gasteiger partial charge >= 0.3 is 0 Å². The first-order valence-electron chi connectivity index (χ1n) is 16.8. The maximum absolute atomic E-state index is 6.19. The van der Waals surface area contributed by atoms with Crippen molar-refractivity contribution in [2.75, 3.05) is 0 Å². The highest BCUT2D eigenvalue weighted by atomic mass is 16.3. The molecule has 3 heterocycles. The predicted octanol–water partition coefficient (Wildman–Crippen LogP) is 11.7. The molecule has 5 nitrogen and oxygen atoms in total. The molecule has 0 unspecified atom stereocenters. The van der Waals surface area contributed by atoms with Crippen LogP contribution in [-0.2, 0) is 0 Å². The molecule has 11 rings (SSSR count). The summed E-state index contributed by atoms with van der Waals surface area (Å²) in [6, 6.07) is 55.0. The van der Waals surface area contributed by atoms with Gasteiger partial charge in [-0.25, -0.2) is 4.98 Å². The molecule has 8 aromatic carbocycles. The van der Waals surface area contributed by atoms with Gasteiger partial charge in [0, 0.05) is 43.4 Å². The quantitative estimate of drug-likeness (QED) is 0.193. The molecular weight excluding hydrogens is 613 g/mol. The highest BCUT2D eigenvalue weighted by Gasteiger charge is 2.21. The van der Waals surface area contributed by atoms with Crippen molar-refractivity contribution in [1.29, 1.82) is 0 Å².